The summed E-state index contributed by atoms with van der Waals surface area (Å²) in [5.74, 6) is 2.77. The number of nitrogens with zero attached hydrogens (tertiary/aromatic N) is 4. The van der Waals surface area contributed by atoms with Gasteiger partial charge in [0.2, 0.25) is 0 Å². The maximum absolute atomic E-state index is 6.82. The molecule has 0 unspecified atom stereocenters. The van der Waals surface area contributed by atoms with Crippen molar-refractivity contribution in [2.24, 2.45) is 0 Å². The molecule has 0 bridgehead atoms. The van der Waals surface area contributed by atoms with E-state index in [9.17, 15) is 0 Å². The lowest BCUT2D eigenvalue weighted by Gasteiger charge is -2.24. The lowest BCUT2D eigenvalue weighted by atomic mass is 9.85. The molecule has 0 radical (unpaired) electrons. The number of para-hydroxylation sites is 1. The van der Waals surface area contributed by atoms with Crippen LogP contribution in [0.2, 0.25) is 0 Å². The summed E-state index contributed by atoms with van der Waals surface area (Å²) in [5, 5.41) is 7.71. The Labute approximate surface area is 302 Å². The van der Waals surface area contributed by atoms with Crippen LogP contribution < -0.4 is 4.74 Å². The maximum Gasteiger partial charge on any atom is 0.137 e. The van der Waals surface area contributed by atoms with E-state index in [1.54, 1.807) is 0 Å². The van der Waals surface area contributed by atoms with Gasteiger partial charge in [0, 0.05) is 40.1 Å². The molecule has 3 aromatic heterocycles. The molecule has 3 heterocycles. The van der Waals surface area contributed by atoms with Gasteiger partial charge in [0.15, 0.2) is 0 Å². The molecule has 51 heavy (non-hydrogen) atoms. The van der Waals surface area contributed by atoms with Gasteiger partial charge >= 0.3 is 0 Å². The van der Waals surface area contributed by atoms with E-state index in [-0.39, 0.29) is 10.8 Å². The molecule has 7 rings (SSSR count). The molecule has 0 aliphatic heterocycles. The first-order chi connectivity index (χ1) is 24.3. The quantitative estimate of drug-likeness (QED) is 0.161. The normalized spacial score (nSPS) is 12.4. The highest BCUT2D eigenvalue weighted by molar-refractivity contribution is 6.09. The molecule has 0 fully saturated rings. The number of aromatic nitrogens is 4. The second-order valence-corrected chi connectivity index (χ2v) is 16.1. The number of rotatable bonds is 8. The van der Waals surface area contributed by atoms with Gasteiger partial charge in [-0.1, -0.05) is 117 Å². The third-order valence-corrected chi connectivity index (χ3v) is 9.76. The van der Waals surface area contributed by atoms with E-state index in [1.165, 1.54) is 38.7 Å². The van der Waals surface area contributed by atoms with Gasteiger partial charge in [-0.25, -0.2) is 9.67 Å². The summed E-state index contributed by atoms with van der Waals surface area (Å²) in [7, 11) is 0. The minimum atomic E-state index is -0.157. The maximum atomic E-state index is 6.82. The second kappa shape index (κ2) is 13.2. The van der Waals surface area contributed by atoms with E-state index in [0.717, 1.165) is 52.6 Å². The van der Waals surface area contributed by atoms with Crippen LogP contribution in [0, 0.1) is 0 Å². The number of ether oxygens (including phenoxy) is 1. The zero-order valence-corrected chi connectivity index (χ0v) is 31.6. The molecular formula is C46H50N4O. The minimum absolute atomic E-state index is 0.00442. The summed E-state index contributed by atoms with van der Waals surface area (Å²) in [6.45, 7) is 20.3. The molecule has 0 saturated heterocycles. The van der Waals surface area contributed by atoms with Crippen LogP contribution in [0.4, 0.5) is 0 Å². The minimum Gasteiger partial charge on any atom is -0.457 e. The fourth-order valence-corrected chi connectivity index (χ4v) is 7.19. The summed E-state index contributed by atoms with van der Waals surface area (Å²) >= 11 is 0. The summed E-state index contributed by atoms with van der Waals surface area (Å²) < 4.78 is 11.3. The molecular weight excluding hydrogens is 625 g/mol. The van der Waals surface area contributed by atoms with Crippen molar-refractivity contribution in [1.82, 2.24) is 19.3 Å². The number of pyridine rings is 1. The van der Waals surface area contributed by atoms with E-state index in [0.29, 0.717) is 5.92 Å². The van der Waals surface area contributed by atoms with Gasteiger partial charge in [0.1, 0.15) is 17.3 Å². The van der Waals surface area contributed by atoms with Crippen molar-refractivity contribution in [2.45, 2.75) is 91.9 Å². The molecule has 7 aromatic rings. The molecule has 0 spiro atoms. The third kappa shape index (κ3) is 6.58. The highest BCUT2D eigenvalue weighted by Gasteiger charge is 2.29. The second-order valence-electron chi connectivity index (χ2n) is 16.1. The summed E-state index contributed by atoms with van der Waals surface area (Å²) in [4.78, 5) is 4.87. The van der Waals surface area contributed by atoms with E-state index in [4.69, 9.17) is 14.8 Å². The van der Waals surface area contributed by atoms with Crippen molar-refractivity contribution < 1.29 is 4.74 Å². The first-order valence-corrected chi connectivity index (χ1v) is 18.3. The molecule has 260 valence electrons. The van der Waals surface area contributed by atoms with Crippen molar-refractivity contribution in [1.29, 1.82) is 0 Å². The Hall–Kier alpha value is -5.16. The van der Waals surface area contributed by atoms with Crippen LogP contribution in [0.15, 0.2) is 109 Å². The van der Waals surface area contributed by atoms with E-state index in [2.05, 4.69) is 175 Å². The van der Waals surface area contributed by atoms with Gasteiger partial charge in [-0.05, 0) is 76.9 Å². The van der Waals surface area contributed by atoms with E-state index in [1.807, 2.05) is 6.20 Å². The zero-order valence-electron chi connectivity index (χ0n) is 31.6. The molecule has 5 nitrogen and oxygen atoms in total. The number of hydrogen-bond donors (Lipinski definition) is 0. The van der Waals surface area contributed by atoms with Crippen molar-refractivity contribution in [3.05, 3.63) is 132 Å². The molecule has 0 aliphatic rings. The van der Waals surface area contributed by atoms with Gasteiger partial charge in [-0.3, -0.25) is 4.57 Å². The van der Waals surface area contributed by atoms with E-state index >= 15 is 0 Å². The SMILES string of the molecule is CCCc1nn(-c2cc(Oc3ccc4c5ccccc5n(-c5cc(C(C)(C)C)ccn5)c4c3)cc(C(C)C)c2)c(C(C)(C)C)c1-c1ccccc1. The molecule has 0 aliphatic carbocycles. The average molecular weight is 675 g/mol. The predicted octanol–water partition coefficient (Wildman–Crippen LogP) is 12.5. The number of aryl methyl sites for hydroxylation is 1. The van der Waals surface area contributed by atoms with Crippen molar-refractivity contribution >= 4 is 21.8 Å². The Kier molecular flexibility index (Phi) is 8.87. The molecule has 4 aromatic carbocycles. The van der Waals surface area contributed by atoms with Gasteiger partial charge < -0.3 is 4.74 Å². The smallest absolute Gasteiger partial charge is 0.137 e. The Morgan fingerprint density at radius 3 is 2.14 bits per heavy atom. The van der Waals surface area contributed by atoms with E-state index < -0.39 is 0 Å². The predicted molar refractivity (Wildman–Crippen MR) is 213 cm³/mol. The fourth-order valence-electron chi connectivity index (χ4n) is 7.19. The largest absolute Gasteiger partial charge is 0.457 e. The first-order valence-electron chi connectivity index (χ1n) is 18.3. The first kappa shape index (κ1) is 34.3. The van der Waals surface area contributed by atoms with Crippen LogP contribution in [0.3, 0.4) is 0 Å². The van der Waals surface area contributed by atoms with Crippen molar-refractivity contribution in [2.75, 3.05) is 0 Å². The molecule has 0 amide bonds. The van der Waals surface area contributed by atoms with Gasteiger partial charge in [0.05, 0.1) is 28.1 Å². The standard InChI is InChI=1S/C46H50N4O/c1-10-16-39-43(31-17-12-11-13-18-31)44(46(7,8)9)50(48-39)34-25-32(30(2)3)26-36(28-34)51-35-21-22-38-37-19-14-15-20-40(37)49(41(38)29-35)42-27-33(23-24-47-42)45(4,5)6/h11-15,17-30H,10,16H2,1-9H3. The average Bonchev–Trinajstić information content (AvgIpc) is 3.65. The zero-order chi connectivity index (χ0) is 36.1. The third-order valence-electron chi connectivity index (χ3n) is 9.76. The van der Waals surface area contributed by atoms with Crippen LogP contribution in [0.1, 0.15) is 97.2 Å². The lowest BCUT2D eigenvalue weighted by molar-refractivity contribution is 0.480. The van der Waals surface area contributed by atoms with Crippen LogP contribution in [-0.2, 0) is 17.3 Å². The molecule has 5 heteroatoms. The molecule has 0 saturated carbocycles. The van der Waals surface area contributed by atoms with Gasteiger partial charge in [0.25, 0.3) is 0 Å². The van der Waals surface area contributed by atoms with Crippen molar-refractivity contribution in [3.63, 3.8) is 0 Å². The van der Waals surface area contributed by atoms with Gasteiger partial charge in [-0.15, -0.1) is 0 Å². The summed E-state index contributed by atoms with van der Waals surface area (Å²) in [6.07, 6.45) is 3.86. The lowest BCUT2D eigenvalue weighted by Crippen LogP contribution is -2.19. The van der Waals surface area contributed by atoms with Crippen LogP contribution in [-0.4, -0.2) is 19.3 Å². The van der Waals surface area contributed by atoms with Gasteiger partial charge in [-0.2, -0.15) is 5.10 Å². The van der Waals surface area contributed by atoms with Crippen LogP contribution >= 0.6 is 0 Å². The number of fused-ring (bicyclic) bond motifs is 3. The number of hydrogen-bond acceptors (Lipinski definition) is 3. The molecule has 0 atom stereocenters. The Bertz CT molecular complexity index is 2350. The topological polar surface area (TPSA) is 44.9 Å². The van der Waals surface area contributed by atoms with Crippen LogP contribution in [0.25, 0.3) is 44.4 Å². The molecule has 0 N–H and O–H groups in total. The Morgan fingerprint density at radius 2 is 1.43 bits per heavy atom. The Balaban J connectivity index is 1.38. The Morgan fingerprint density at radius 1 is 0.706 bits per heavy atom. The monoisotopic (exact) mass is 674 g/mol. The van der Waals surface area contributed by atoms with Crippen LogP contribution in [0.5, 0.6) is 11.5 Å². The summed E-state index contributed by atoms with van der Waals surface area (Å²) in [6, 6.07) is 36.6. The highest BCUT2D eigenvalue weighted by atomic mass is 16.5. The van der Waals surface area contributed by atoms with Crippen molar-refractivity contribution in [3.8, 4) is 34.1 Å². The number of benzene rings is 4. The highest BCUT2D eigenvalue weighted by Crippen LogP contribution is 2.40. The fraction of sp³-hybridized carbons (Fsp3) is 0.304. The summed E-state index contributed by atoms with van der Waals surface area (Å²) in [5.41, 5.74) is 10.3.